The number of carbonyl (C=O) groups excluding carboxylic acids is 1. The minimum atomic E-state index is 0.163. The Morgan fingerprint density at radius 1 is 1.19 bits per heavy atom. The predicted octanol–water partition coefficient (Wildman–Crippen LogP) is 0.767. The summed E-state index contributed by atoms with van der Waals surface area (Å²) in [4.78, 5) is 13.8. The molecule has 1 aliphatic heterocycles. The van der Waals surface area contributed by atoms with Gasteiger partial charge in [0.1, 0.15) is 6.61 Å². The second kappa shape index (κ2) is 6.21. The number of amides is 1. The van der Waals surface area contributed by atoms with Crippen LogP contribution in [0.5, 0.6) is 0 Å². The number of hydrogen-bond donors (Lipinski definition) is 1. The molecule has 1 amide bonds. The molecule has 92 valence electrons. The van der Waals surface area contributed by atoms with Gasteiger partial charge in [-0.3, -0.25) is 4.79 Å². The third kappa shape index (κ3) is 3.46. The molecule has 0 bridgehead atoms. The average Bonchev–Trinajstić information content (AvgIpc) is 2.66. The molecule has 0 aromatic carbocycles. The molecule has 0 radical (unpaired) electrons. The van der Waals surface area contributed by atoms with Crippen LogP contribution in [0.4, 0.5) is 0 Å². The molecule has 1 saturated heterocycles. The lowest BCUT2D eigenvalue weighted by molar-refractivity contribution is -0.137. The molecular weight excluding hydrogens is 204 g/mol. The molecule has 0 atom stereocenters. The Morgan fingerprint density at radius 3 is 2.81 bits per heavy atom. The normalized spacial score (nSPS) is 23.4. The van der Waals surface area contributed by atoms with Gasteiger partial charge in [-0.05, 0) is 25.8 Å². The molecule has 4 heteroatoms. The summed E-state index contributed by atoms with van der Waals surface area (Å²) in [5.41, 5.74) is 0. The van der Waals surface area contributed by atoms with Crippen LogP contribution < -0.4 is 5.32 Å². The van der Waals surface area contributed by atoms with E-state index < -0.39 is 0 Å². The van der Waals surface area contributed by atoms with Gasteiger partial charge in [0.2, 0.25) is 5.91 Å². The molecule has 2 rings (SSSR count). The predicted molar refractivity (Wildman–Crippen MR) is 62.3 cm³/mol. The highest BCUT2D eigenvalue weighted by Gasteiger charge is 2.19. The minimum absolute atomic E-state index is 0.163. The Bertz CT molecular complexity index is 219. The molecule has 1 aliphatic carbocycles. The zero-order valence-corrected chi connectivity index (χ0v) is 9.91. The van der Waals surface area contributed by atoms with Crippen molar-refractivity contribution < 1.29 is 9.53 Å². The lowest BCUT2D eigenvalue weighted by Gasteiger charge is -2.21. The van der Waals surface area contributed by atoms with Gasteiger partial charge in [-0.15, -0.1) is 0 Å². The van der Waals surface area contributed by atoms with Crippen molar-refractivity contribution in [1.29, 1.82) is 0 Å². The Hall–Kier alpha value is -0.610. The Morgan fingerprint density at radius 2 is 2.00 bits per heavy atom. The van der Waals surface area contributed by atoms with Crippen molar-refractivity contribution in [2.24, 2.45) is 0 Å². The van der Waals surface area contributed by atoms with Crippen molar-refractivity contribution in [1.82, 2.24) is 10.2 Å². The number of nitrogens with zero attached hydrogens (tertiary/aromatic N) is 1. The Kier molecular flexibility index (Phi) is 4.60. The van der Waals surface area contributed by atoms with Crippen molar-refractivity contribution in [3.05, 3.63) is 0 Å². The monoisotopic (exact) mass is 226 g/mol. The molecule has 1 heterocycles. The summed E-state index contributed by atoms with van der Waals surface area (Å²) in [6, 6.07) is 0. The maximum atomic E-state index is 11.9. The van der Waals surface area contributed by atoms with Gasteiger partial charge < -0.3 is 15.0 Å². The summed E-state index contributed by atoms with van der Waals surface area (Å²) in [7, 11) is 0. The van der Waals surface area contributed by atoms with Crippen molar-refractivity contribution in [3.8, 4) is 0 Å². The number of carbonyl (C=O) groups is 1. The van der Waals surface area contributed by atoms with Crippen LogP contribution >= 0.6 is 0 Å². The maximum absolute atomic E-state index is 11.9. The molecule has 1 saturated carbocycles. The van der Waals surface area contributed by atoms with Crippen molar-refractivity contribution >= 4 is 5.91 Å². The van der Waals surface area contributed by atoms with E-state index in [9.17, 15) is 4.79 Å². The third-order valence-corrected chi connectivity index (χ3v) is 3.44. The first-order valence-electron chi connectivity index (χ1n) is 6.46. The van der Waals surface area contributed by atoms with Crippen LogP contribution in [0.2, 0.25) is 0 Å². The molecule has 0 spiro atoms. The first kappa shape index (κ1) is 11.9. The second-order valence-electron chi connectivity index (χ2n) is 4.70. The zero-order chi connectivity index (χ0) is 11.2. The smallest absolute Gasteiger partial charge is 0.248 e. The van der Waals surface area contributed by atoms with Crippen molar-refractivity contribution in [2.45, 2.75) is 38.2 Å². The van der Waals surface area contributed by atoms with E-state index in [-0.39, 0.29) is 12.5 Å². The summed E-state index contributed by atoms with van der Waals surface area (Å²) in [6.07, 6.45) is 6.17. The fourth-order valence-corrected chi connectivity index (χ4v) is 2.43. The standard InChI is InChI=1S/C12H22N2O2/c15-12(10-16-11-4-1-2-5-11)14-8-3-6-13-7-9-14/h11,13H,1-10H2. The van der Waals surface area contributed by atoms with E-state index in [2.05, 4.69) is 5.32 Å². The average molecular weight is 226 g/mol. The highest BCUT2D eigenvalue weighted by atomic mass is 16.5. The molecule has 2 fully saturated rings. The quantitative estimate of drug-likeness (QED) is 0.773. The summed E-state index contributed by atoms with van der Waals surface area (Å²) in [6.45, 7) is 3.92. The first-order chi connectivity index (χ1) is 7.86. The molecule has 0 unspecified atom stereocenters. The van der Waals surface area contributed by atoms with E-state index in [1.165, 1.54) is 12.8 Å². The van der Waals surface area contributed by atoms with Crippen LogP contribution in [0.25, 0.3) is 0 Å². The van der Waals surface area contributed by atoms with E-state index in [1.807, 2.05) is 4.90 Å². The van der Waals surface area contributed by atoms with Crippen LogP contribution in [0.15, 0.2) is 0 Å². The molecular formula is C12H22N2O2. The molecule has 1 N–H and O–H groups in total. The zero-order valence-electron chi connectivity index (χ0n) is 9.91. The van der Waals surface area contributed by atoms with Crippen LogP contribution in [0.1, 0.15) is 32.1 Å². The fraction of sp³-hybridized carbons (Fsp3) is 0.917. The first-order valence-corrected chi connectivity index (χ1v) is 6.46. The van der Waals surface area contributed by atoms with E-state index in [1.54, 1.807) is 0 Å². The third-order valence-electron chi connectivity index (χ3n) is 3.44. The molecule has 2 aliphatic rings. The molecule has 4 nitrogen and oxygen atoms in total. The van der Waals surface area contributed by atoms with Crippen molar-refractivity contribution in [3.63, 3.8) is 0 Å². The van der Waals surface area contributed by atoms with Gasteiger partial charge in [-0.25, -0.2) is 0 Å². The van der Waals surface area contributed by atoms with Gasteiger partial charge in [0.25, 0.3) is 0 Å². The summed E-state index contributed by atoms with van der Waals surface area (Å²) >= 11 is 0. The minimum Gasteiger partial charge on any atom is -0.368 e. The van der Waals surface area contributed by atoms with Crippen LogP contribution in [0, 0.1) is 0 Å². The number of rotatable bonds is 3. The van der Waals surface area contributed by atoms with Gasteiger partial charge in [-0.2, -0.15) is 0 Å². The highest BCUT2D eigenvalue weighted by Crippen LogP contribution is 2.20. The SMILES string of the molecule is O=C(COC1CCCC1)N1CCCNCC1. The Labute approximate surface area is 97.3 Å². The highest BCUT2D eigenvalue weighted by molar-refractivity contribution is 5.77. The van der Waals surface area contributed by atoms with E-state index in [0.29, 0.717) is 6.10 Å². The largest absolute Gasteiger partial charge is 0.368 e. The van der Waals surface area contributed by atoms with Crippen LogP contribution in [-0.4, -0.2) is 49.7 Å². The maximum Gasteiger partial charge on any atom is 0.248 e. The van der Waals surface area contributed by atoms with Crippen LogP contribution in [-0.2, 0) is 9.53 Å². The van der Waals surface area contributed by atoms with Crippen molar-refractivity contribution in [2.75, 3.05) is 32.8 Å². The number of hydrogen-bond acceptors (Lipinski definition) is 3. The van der Waals surface area contributed by atoms with E-state index in [0.717, 1.165) is 45.4 Å². The van der Waals surface area contributed by atoms with Crippen LogP contribution in [0.3, 0.4) is 0 Å². The summed E-state index contributed by atoms with van der Waals surface area (Å²) in [5, 5.41) is 3.29. The van der Waals surface area contributed by atoms with Gasteiger partial charge in [0.05, 0.1) is 6.10 Å². The lowest BCUT2D eigenvalue weighted by atomic mass is 10.3. The molecule has 0 aromatic heterocycles. The number of ether oxygens (including phenoxy) is 1. The summed E-state index contributed by atoms with van der Waals surface area (Å²) < 4.78 is 5.65. The molecule has 0 aromatic rings. The Balaban J connectivity index is 1.69. The second-order valence-corrected chi connectivity index (χ2v) is 4.70. The van der Waals surface area contributed by atoms with Gasteiger partial charge in [0, 0.05) is 19.6 Å². The van der Waals surface area contributed by atoms with E-state index in [4.69, 9.17) is 4.74 Å². The lowest BCUT2D eigenvalue weighted by Crippen LogP contribution is -2.37. The van der Waals surface area contributed by atoms with Gasteiger partial charge >= 0.3 is 0 Å². The van der Waals surface area contributed by atoms with E-state index >= 15 is 0 Å². The van der Waals surface area contributed by atoms with Gasteiger partial charge in [-0.1, -0.05) is 12.8 Å². The topological polar surface area (TPSA) is 41.6 Å². The number of nitrogens with one attached hydrogen (secondary N) is 1. The van der Waals surface area contributed by atoms with Gasteiger partial charge in [0.15, 0.2) is 0 Å². The fourth-order valence-electron chi connectivity index (χ4n) is 2.43. The molecule has 16 heavy (non-hydrogen) atoms. The summed E-state index contributed by atoms with van der Waals surface area (Å²) in [5.74, 6) is 0.163.